The van der Waals surface area contributed by atoms with Crippen molar-refractivity contribution in [2.45, 2.75) is 44.4 Å². The third-order valence-electron chi connectivity index (χ3n) is 2.27. The van der Waals surface area contributed by atoms with Gasteiger partial charge in [0, 0.05) is 19.8 Å². The van der Waals surface area contributed by atoms with E-state index in [1.807, 2.05) is 0 Å². The van der Waals surface area contributed by atoms with Crippen molar-refractivity contribution in [3.63, 3.8) is 0 Å². The van der Waals surface area contributed by atoms with Crippen LogP contribution in [0.5, 0.6) is 0 Å². The molecule has 1 heterocycles. The van der Waals surface area contributed by atoms with Crippen molar-refractivity contribution in [2.24, 2.45) is 5.73 Å². The molecule has 1 amide bonds. The lowest BCUT2D eigenvalue weighted by molar-refractivity contribution is -0.256. The molecular weight excluding hydrogens is 254 g/mol. The fourth-order valence-corrected chi connectivity index (χ4v) is 1.42. The van der Waals surface area contributed by atoms with Crippen LogP contribution in [-0.4, -0.2) is 59.0 Å². The second-order valence-electron chi connectivity index (χ2n) is 4.02. The van der Waals surface area contributed by atoms with E-state index >= 15 is 0 Å². The van der Waals surface area contributed by atoms with E-state index in [9.17, 15) is 15.0 Å². The summed E-state index contributed by atoms with van der Waals surface area (Å²) >= 11 is 0. The van der Waals surface area contributed by atoms with E-state index in [4.69, 9.17) is 21.0 Å². The lowest BCUT2D eigenvalue weighted by atomic mass is 10.0. The molecule has 0 radical (unpaired) electrons. The number of rotatable bonds is 4. The number of amides is 1. The van der Waals surface area contributed by atoms with Gasteiger partial charge in [-0.3, -0.25) is 4.79 Å². The first-order valence-electron chi connectivity index (χ1n) is 5.85. The van der Waals surface area contributed by atoms with Crippen molar-refractivity contribution in [1.82, 2.24) is 0 Å². The number of terminal acetylenes is 1. The van der Waals surface area contributed by atoms with Crippen LogP contribution in [0.1, 0.15) is 19.8 Å². The predicted molar refractivity (Wildman–Crippen MR) is 66.6 cm³/mol. The monoisotopic (exact) mass is 275 g/mol. The molecule has 1 aliphatic rings. The first-order valence-corrected chi connectivity index (χ1v) is 5.85. The molecule has 0 bridgehead atoms. The van der Waals surface area contributed by atoms with Gasteiger partial charge in [-0.05, 0) is 0 Å². The van der Waals surface area contributed by atoms with Gasteiger partial charge in [0.2, 0.25) is 5.91 Å². The largest absolute Gasteiger partial charge is 0.394 e. The Morgan fingerprint density at radius 1 is 1.58 bits per heavy atom. The summed E-state index contributed by atoms with van der Waals surface area (Å²) in [6.07, 6.45) is 2.27. The standard InChI is InChI=1S/C10H16O5.C2H5NO/c1-2-3-4-14-9-5-7(12)10(13)8(6-11)15-9;1-2(3)4/h1,7-13H,3-6H2;1H3,(H2,3,4). The minimum Gasteiger partial charge on any atom is -0.394 e. The quantitative estimate of drug-likeness (QED) is 0.360. The van der Waals surface area contributed by atoms with Crippen LogP contribution in [0, 0.1) is 12.3 Å². The molecule has 19 heavy (non-hydrogen) atoms. The average molecular weight is 275 g/mol. The summed E-state index contributed by atoms with van der Waals surface area (Å²) in [7, 11) is 0. The van der Waals surface area contributed by atoms with Crippen molar-refractivity contribution in [2.75, 3.05) is 13.2 Å². The normalized spacial score (nSPS) is 29.8. The van der Waals surface area contributed by atoms with Gasteiger partial charge in [-0.1, -0.05) is 0 Å². The number of carbonyl (C=O) groups excluding carboxylic acids is 1. The van der Waals surface area contributed by atoms with Gasteiger partial charge in [-0.2, -0.15) is 0 Å². The number of hydrogen-bond acceptors (Lipinski definition) is 6. The SMILES string of the molecule is C#CCCOC1CC(O)C(O)C(CO)O1.CC(N)=O. The third kappa shape index (κ3) is 7.77. The molecular formula is C12H21NO6. The second-order valence-corrected chi connectivity index (χ2v) is 4.02. The number of aliphatic hydroxyl groups is 3. The Kier molecular flexibility index (Phi) is 9.12. The highest BCUT2D eigenvalue weighted by Gasteiger charge is 2.36. The highest BCUT2D eigenvalue weighted by molar-refractivity contribution is 5.70. The van der Waals surface area contributed by atoms with E-state index < -0.39 is 24.6 Å². The van der Waals surface area contributed by atoms with E-state index in [0.29, 0.717) is 13.0 Å². The van der Waals surface area contributed by atoms with Gasteiger partial charge in [0.1, 0.15) is 12.2 Å². The Morgan fingerprint density at radius 2 is 2.16 bits per heavy atom. The summed E-state index contributed by atoms with van der Waals surface area (Å²) in [6, 6.07) is 0. The van der Waals surface area contributed by atoms with Gasteiger partial charge in [0.05, 0.1) is 19.3 Å². The minimum absolute atomic E-state index is 0.183. The molecule has 4 unspecified atom stereocenters. The Balaban J connectivity index is 0.000000711. The molecule has 7 heteroatoms. The molecule has 0 aromatic heterocycles. The molecule has 5 N–H and O–H groups in total. The summed E-state index contributed by atoms with van der Waals surface area (Å²) < 4.78 is 10.4. The minimum atomic E-state index is -1.07. The molecule has 1 aliphatic heterocycles. The molecule has 4 atom stereocenters. The topological polar surface area (TPSA) is 122 Å². The molecule has 110 valence electrons. The molecule has 1 saturated heterocycles. The van der Waals surface area contributed by atoms with E-state index in [-0.39, 0.29) is 18.9 Å². The molecule has 1 rings (SSSR count). The summed E-state index contributed by atoms with van der Waals surface area (Å²) in [5.74, 6) is 2.08. The van der Waals surface area contributed by atoms with Gasteiger partial charge in [-0.15, -0.1) is 12.3 Å². The number of hydrogen-bond donors (Lipinski definition) is 4. The zero-order valence-electron chi connectivity index (χ0n) is 10.9. The Labute approximate surface area is 112 Å². The number of primary amides is 1. The fourth-order valence-electron chi connectivity index (χ4n) is 1.42. The number of ether oxygens (including phenoxy) is 2. The zero-order chi connectivity index (χ0) is 14.8. The van der Waals surface area contributed by atoms with Gasteiger partial charge in [0.25, 0.3) is 0 Å². The Bertz CT molecular complexity index is 299. The van der Waals surface area contributed by atoms with E-state index in [2.05, 4.69) is 11.7 Å². The molecule has 0 aromatic rings. The molecule has 0 aromatic carbocycles. The molecule has 0 saturated carbocycles. The lowest BCUT2D eigenvalue weighted by Crippen LogP contribution is -2.50. The van der Waals surface area contributed by atoms with Crippen LogP contribution in [0.3, 0.4) is 0 Å². The fraction of sp³-hybridized carbons (Fsp3) is 0.750. The molecule has 7 nitrogen and oxygen atoms in total. The highest BCUT2D eigenvalue weighted by Crippen LogP contribution is 2.20. The highest BCUT2D eigenvalue weighted by atomic mass is 16.7. The average Bonchev–Trinajstić information content (AvgIpc) is 2.33. The maximum absolute atomic E-state index is 9.44. The first kappa shape index (κ1) is 17.8. The molecule has 0 spiro atoms. The lowest BCUT2D eigenvalue weighted by Gasteiger charge is -2.35. The Hall–Kier alpha value is -1.17. The van der Waals surface area contributed by atoms with Crippen LogP contribution in [-0.2, 0) is 14.3 Å². The van der Waals surface area contributed by atoms with Crippen molar-refractivity contribution in [3.8, 4) is 12.3 Å². The van der Waals surface area contributed by atoms with Gasteiger partial charge >= 0.3 is 0 Å². The van der Waals surface area contributed by atoms with E-state index in [1.54, 1.807) is 0 Å². The Morgan fingerprint density at radius 3 is 2.63 bits per heavy atom. The number of aliphatic hydroxyl groups excluding tert-OH is 3. The third-order valence-corrected chi connectivity index (χ3v) is 2.27. The maximum Gasteiger partial charge on any atom is 0.214 e. The smallest absolute Gasteiger partial charge is 0.214 e. The van der Waals surface area contributed by atoms with Crippen molar-refractivity contribution < 1.29 is 29.6 Å². The van der Waals surface area contributed by atoms with Crippen LogP contribution in [0.2, 0.25) is 0 Å². The molecule has 0 aliphatic carbocycles. The van der Waals surface area contributed by atoms with E-state index in [1.165, 1.54) is 6.92 Å². The van der Waals surface area contributed by atoms with Crippen LogP contribution in [0.4, 0.5) is 0 Å². The van der Waals surface area contributed by atoms with Crippen molar-refractivity contribution in [3.05, 3.63) is 0 Å². The second kappa shape index (κ2) is 9.72. The number of nitrogens with two attached hydrogens (primary N) is 1. The van der Waals surface area contributed by atoms with Crippen LogP contribution in [0.25, 0.3) is 0 Å². The maximum atomic E-state index is 9.44. The summed E-state index contributed by atoms with van der Waals surface area (Å²) in [4.78, 5) is 9.22. The van der Waals surface area contributed by atoms with Crippen molar-refractivity contribution in [1.29, 1.82) is 0 Å². The van der Waals surface area contributed by atoms with Crippen LogP contribution >= 0.6 is 0 Å². The first-order chi connectivity index (χ1) is 8.92. The van der Waals surface area contributed by atoms with Gasteiger partial charge in [-0.25, -0.2) is 0 Å². The molecule has 1 fully saturated rings. The summed E-state index contributed by atoms with van der Waals surface area (Å²) in [6.45, 7) is 1.29. The van der Waals surface area contributed by atoms with Crippen molar-refractivity contribution >= 4 is 5.91 Å². The van der Waals surface area contributed by atoms with Crippen LogP contribution in [0.15, 0.2) is 0 Å². The van der Waals surface area contributed by atoms with Gasteiger partial charge in [0.15, 0.2) is 6.29 Å². The zero-order valence-corrected chi connectivity index (χ0v) is 10.9. The van der Waals surface area contributed by atoms with Crippen LogP contribution < -0.4 is 5.73 Å². The summed E-state index contributed by atoms with van der Waals surface area (Å²) in [5.41, 5.74) is 4.47. The predicted octanol–water partition coefficient (Wildman–Crippen LogP) is -1.65. The number of carbonyl (C=O) groups is 1. The van der Waals surface area contributed by atoms with Gasteiger partial charge < -0.3 is 30.5 Å². The summed E-state index contributed by atoms with van der Waals surface area (Å²) in [5, 5.41) is 27.7. The van der Waals surface area contributed by atoms with E-state index in [0.717, 1.165) is 0 Å².